The average Bonchev–Trinajstić information content (AvgIpc) is 2.36. The Bertz CT molecular complexity index is 498. The Morgan fingerprint density at radius 3 is 2.44 bits per heavy atom. The van der Waals surface area contributed by atoms with Crippen molar-refractivity contribution in [1.29, 1.82) is 5.26 Å². The van der Waals surface area contributed by atoms with Gasteiger partial charge in [0.25, 0.3) is 0 Å². The molecule has 1 aromatic carbocycles. The minimum Gasteiger partial charge on any atom is -0.254 e. The van der Waals surface area contributed by atoms with E-state index in [1.807, 2.05) is 39.0 Å². The van der Waals surface area contributed by atoms with Gasteiger partial charge in [0.15, 0.2) is 0 Å². The van der Waals surface area contributed by atoms with Crippen LogP contribution in [-0.2, 0) is 16.2 Å². The van der Waals surface area contributed by atoms with Gasteiger partial charge in [-0.1, -0.05) is 32.9 Å². The smallest absolute Gasteiger partial charge is 0.0766 e. The molecule has 18 heavy (non-hydrogen) atoms. The van der Waals surface area contributed by atoms with E-state index in [1.54, 1.807) is 0 Å². The maximum Gasteiger partial charge on any atom is 0.0766 e. The third kappa shape index (κ3) is 3.00. The molecule has 1 atom stereocenters. The van der Waals surface area contributed by atoms with E-state index in [-0.39, 0.29) is 0 Å². The van der Waals surface area contributed by atoms with Gasteiger partial charge in [0, 0.05) is 10.6 Å². The molecule has 0 N–H and O–H groups in total. The van der Waals surface area contributed by atoms with E-state index in [9.17, 15) is 9.47 Å². The van der Waals surface area contributed by atoms with Crippen molar-refractivity contribution in [2.24, 2.45) is 0 Å². The molecule has 0 aromatic heterocycles. The summed E-state index contributed by atoms with van der Waals surface area (Å²) in [5.41, 5.74) is 1.52. The summed E-state index contributed by atoms with van der Waals surface area (Å²) < 4.78 is 12.1. The second kappa shape index (κ2) is 5.67. The molecule has 0 aliphatic rings. The van der Waals surface area contributed by atoms with Crippen LogP contribution in [0.2, 0.25) is 0 Å². The lowest BCUT2D eigenvalue weighted by Crippen LogP contribution is -2.15. The Hall–Kier alpha value is -1.14. The highest BCUT2D eigenvalue weighted by molar-refractivity contribution is 7.85. The number of nitriles is 1. The zero-order chi connectivity index (χ0) is 13.9. The van der Waals surface area contributed by atoms with Crippen molar-refractivity contribution in [3.63, 3.8) is 0 Å². The number of hydrogen-bond donors (Lipinski definition) is 0. The first-order valence-corrected chi connectivity index (χ1v) is 7.59. The summed E-state index contributed by atoms with van der Waals surface area (Å²) in [5.74, 6) is 0.950. The van der Waals surface area contributed by atoms with Gasteiger partial charge in [-0.15, -0.1) is 0 Å². The van der Waals surface area contributed by atoms with Crippen LogP contribution in [0.3, 0.4) is 0 Å². The monoisotopic (exact) mass is 263 g/mol. The maximum atomic E-state index is 12.1. The number of benzene rings is 1. The average molecular weight is 263 g/mol. The molecule has 1 unspecified atom stereocenters. The van der Waals surface area contributed by atoms with E-state index < -0.39 is 16.2 Å². The highest BCUT2D eigenvalue weighted by atomic mass is 32.2. The quantitative estimate of drug-likeness (QED) is 0.830. The van der Waals surface area contributed by atoms with E-state index in [0.717, 1.165) is 16.0 Å². The summed E-state index contributed by atoms with van der Waals surface area (Å²) in [6.07, 6.45) is 0. The van der Waals surface area contributed by atoms with Crippen molar-refractivity contribution in [1.82, 2.24) is 0 Å². The summed E-state index contributed by atoms with van der Waals surface area (Å²) in [5, 5.41) is 9.19. The first-order chi connectivity index (χ1) is 8.33. The molecule has 0 amide bonds. The first-order valence-electron chi connectivity index (χ1n) is 6.27. The predicted octanol–water partition coefficient (Wildman–Crippen LogP) is 3.74. The largest absolute Gasteiger partial charge is 0.254 e. The van der Waals surface area contributed by atoms with Crippen molar-refractivity contribution in [3.05, 3.63) is 29.3 Å². The molecule has 0 saturated heterocycles. The summed E-state index contributed by atoms with van der Waals surface area (Å²) in [4.78, 5) is 0.883. The molecule has 2 nitrogen and oxygen atoms in total. The summed E-state index contributed by atoms with van der Waals surface area (Å²) in [7, 11) is -0.979. The van der Waals surface area contributed by atoms with Gasteiger partial charge in [0.05, 0.1) is 22.3 Å². The van der Waals surface area contributed by atoms with Crippen LogP contribution in [0, 0.1) is 11.3 Å². The minimum atomic E-state index is -0.979. The summed E-state index contributed by atoms with van der Waals surface area (Å²) in [6, 6.07) is 8.23. The molecular formula is C15H21NOS. The van der Waals surface area contributed by atoms with Crippen LogP contribution in [0.15, 0.2) is 23.1 Å². The van der Waals surface area contributed by atoms with Crippen molar-refractivity contribution < 1.29 is 4.21 Å². The molecule has 0 fully saturated rings. The highest BCUT2D eigenvalue weighted by Gasteiger charge is 2.22. The van der Waals surface area contributed by atoms with E-state index in [1.165, 1.54) is 0 Å². The van der Waals surface area contributed by atoms with Crippen molar-refractivity contribution in [2.75, 3.05) is 5.75 Å². The Morgan fingerprint density at radius 2 is 2.00 bits per heavy atom. The molecule has 0 radical (unpaired) electrons. The Balaban J connectivity index is 3.40. The van der Waals surface area contributed by atoms with Crippen molar-refractivity contribution in [2.45, 2.75) is 50.8 Å². The lowest BCUT2D eigenvalue weighted by molar-refractivity contribution is 0.672. The normalized spacial score (nSPS) is 13.4. The van der Waals surface area contributed by atoms with Gasteiger partial charge in [-0.2, -0.15) is 5.26 Å². The SMILES string of the molecule is CCS(=O)c1cc(C(C)(C)C#N)ccc1C(C)C. The molecule has 0 bridgehead atoms. The Morgan fingerprint density at radius 1 is 1.39 bits per heavy atom. The standard InChI is InChI=1S/C15H21NOS/c1-6-18(17)14-9-12(15(4,5)10-16)7-8-13(14)11(2)3/h7-9,11H,6H2,1-5H3. The maximum absolute atomic E-state index is 12.1. The minimum absolute atomic E-state index is 0.342. The van der Waals surface area contributed by atoms with Crippen LogP contribution in [0.4, 0.5) is 0 Å². The zero-order valence-corrected chi connectivity index (χ0v) is 12.6. The van der Waals surface area contributed by atoms with Gasteiger partial charge in [-0.05, 0) is 37.0 Å². The zero-order valence-electron chi connectivity index (χ0n) is 11.8. The molecule has 3 heteroatoms. The van der Waals surface area contributed by atoms with E-state index in [2.05, 4.69) is 19.9 Å². The molecule has 1 aromatic rings. The molecule has 0 saturated carbocycles. The van der Waals surface area contributed by atoms with Crippen LogP contribution in [0.5, 0.6) is 0 Å². The molecule has 0 aliphatic carbocycles. The fourth-order valence-corrected chi connectivity index (χ4v) is 2.95. The Labute approximate surface area is 112 Å². The van der Waals surface area contributed by atoms with Gasteiger partial charge in [-0.3, -0.25) is 4.21 Å². The van der Waals surface area contributed by atoms with Crippen LogP contribution in [-0.4, -0.2) is 9.96 Å². The van der Waals surface area contributed by atoms with Crippen LogP contribution in [0.1, 0.15) is 51.7 Å². The molecule has 98 valence electrons. The topological polar surface area (TPSA) is 40.9 Å². The Kier molecular flexibility index (Phi) is 4.70. The molecular weight excluding hydrogens is 242 g/mol. The van der Waals surface area contributed by atoms with Gasteiger partial charge >= 0.3 is 0 Å². The fraction of sp³-hybridized carbons (Fsp3) is 0.533. The highest BCUT2D eigenvalue weighted by Crippen LogP contribution is 2.29. The van der Waals surface area contributed by atoms with Gasteiger partial charge < -0.3 is 0 Å². The lowest BCUT2D eigenvalue weighted by atomic mass is 9.85. The lowest BCUT2D eigenvalue weighted by Gasteiger charge is -2.19. The van der Waals surface area contributed by atoms with Gasteiger partial charge in [-0.25, -0.2) is 0 Å². The molecule has 1 rings (SSSR count). The van der Waals surface area contributed by atoms with Crippen molar-refractivity contribution >= 4 is 10.8 Å². The molecule has 0 aliphatic heterocycles. The molecule has 0 heterocycles. The van der Waals surface area contributed by atoms with Crippen molar-refractivity contribution in [3.8, 4) is 6.07 Å². The van der Waals surface area contributed by atoms with E-state index in [4.69, 9.17) is 0 Å². The first kappa shape index (κ1) is 14.9. The number of hydrogen-bond acceptors (Lipinski definition) is 2. The number of rotatable bonds is 4. The summed E-state index contributed by atoms with van der Waals surface area (Å²) >= 11 is 0. The van der Waals surface area contributed by atoms with E-state index >= 15 is 0 Å². The van der Waals surface area contributed by atoms with E-state index in [0.29, 0.717) is 11.7 Å². The van der Waals surface area contributed by atoms with Gasteiger partial charge in [0.1, 0.15) is 0 Å². The summed E-state index contributed by atoms with van der Waals surface area (Å²) in [6.45, 7) is 9.88. The second-order valence-corrected chi connectivity index (χ2v) is 6.99. The van der Waals surface area contributed by atoms with Gasteiger partial charge in [0.2, 0.25) is 0 Å². The third-order valence-corrected chi connectivity index (χ3v) is 4.51. The second-order valence-electron chi connectivity index (χ2n) is 5.28. The third-order valence-electron chi connectivity index (χ3n) is 3.14. The molecule has 0 spiro atoms. The number of nitrogens with zero attached hydrogens (tertiary/aromatic N) is 1. The predicted molar refractivity (Wildman–Crippen MR) is 76.1 cm³/mol. The fourth-order valence-electron chi connectivity index (χ4n) is 1.82. The van der Waals surface area contributed by atoms with Crippen LogP contribution < -0.4 is 0 Å². The van der Waals surface area contributed by atoms with Crippen LogP contribution in [0.25, 0.3) is 0 Å². The van der Waals surface area contributed by atoms with Crippen LogP contribution >= 0.6 is 0 Å².